The molecule has 2 saturated heterocycles. The van der Waals surface area contributed by atoms with Crippen molar-refractivity contribution in [2.75, 3.05) is 26.2 Å². The van der Waals surface area contributed by atoms with Gasteiger partial charge in [0.2, 0.25) is 11.8 Å². The average Bonchev–Trinajstić information content (AvgIpc) is 3.54. The van der Waals surface area contributed by atoms with Crippen LogP contribution in [0.25, 0.3) is 0 Å². The van der Waals surface area contributed by atoms with Crippen LogP contribution in [-0.4, -0.2) is 64.8 Å². The molecule has 212 valence electrons. The number of likely N-dealkylation sites (tertiary alicyclic amines) is 2. The van der Waals surface area contributed by atoms with Gasteiger partial charge in [-0.2, -0.15) is 0 Å². The van der Waals surface area contributed by atoms with Gasteiger partial charge in [0.15, 0.2) is 0 Å². The molecule has 3 heterocycles. The largest absolute Gasteiger partial charge is 0.416 e. The van der Waals surface area contributed by atoms with E-state index in [1.807, 2.05) is 29.7 Å². The number of hydrogen-bond donors (Lipinski definition) is 0. The fourth-order valence-electron chi connectivity index (χ4n) is 6.57. The molecule has 0 spiro atoms. The molecule has 7 nitrogen and oxygen atoms in total. The second kappa shape index (κ2) is 10.2. The first-order chi connectivity index (χ1) is 19.1. The smallest absolute Gasteiger partial charge is 0.410 e. The topological polar surface area (TPSA) is 70.2 Å². The molecular weight excluding hydrogens is 556 g/mol. The lowest BCUT2D eigenvalue weighted by molar-refractivity contribution is -0.142. The van der Waals surface area contributed by atoms with Gasteiger partial charge in [-0.25, -0.2) is 9.18 Å². The molecule has 2 aromatic carbocycles. The van der Waals surface area contributed by atoms with Gasteiger partial charge in [0.1, 0.15) is 11.6 Å². The van der Waals surface area contributed by atoms with E-state index in [2.05, 4.69) is 0 Å². The molecule has 1 saturated carbocycles. The molecule has 10 heteroatoms. The van der Waals surface area contributed by atoms with E-state index in [1.165, 1.54) is 24.3 Å². The molecule has 40 heavy (non-hydrogen) atoms. The van der Waals surface area contributed by atoms with Gasteiger partial charge in [-0.3, -0.25) is 14.5 Å². The van der Waals surface area contributed by atoms with E-state index >= 15 is 0 Å². The number of rotatable bonds is 3. The third kappa shape index (κ3) is 4.83. The Hall–Kier alpha value is -2.84. The zero-order valence-electron chi connectivity index (χ0n) is 22.5. The minimum absolute atomic E-state index is 0.0558. The highest BCUT2D eigenvalue weighted by Gasteiger charge is 2.50. The molecule has 4 aliphatic rings. The summed E-state index contributed by atoms with van der Waals surface area (Å²) in [4.78, 5) is 45.5. The molecule has 3 atom stereocenters. The van der Waals surface area contributed by atoms with Crippen molar-refractivity contribution in [3.63, 3.8) is 0 Å². The van der Waals surface area contributed by atoms with Crippen molar-refractivity contribution < 1.29 is 23.5 Å². The summed E-state index contributed by atoms with van der Waals surface area (Å²) < 4.78 is 19.1. The maximum atomic E-state index is 13.7. The second-order valence-corrected chi connectivity index (χ2v) is 12.7. The molecule has 2 aromatic rings. The number of carbonyl (C=O) groups is 3. The summed E-state index contributed by atoms with van der Waals surface area (Å²) in [6.07, 6.45) is 2.59. The van der Waals surface area contributed by atoms with Crippen LogP contribution in [0.3, 0.4) is 0 Å². The third-order valence-corrected chi connectivity index (χ3v) is 9.95. The van der Waals surface area contributed by atoms with Gasteiger partial charge < -0.3 is 14.5 Å². The molecular formula is C30H32Cl2FN3O4. The minimum atomic E-state index is -0.569. The quantitative estimate of drug-likeness (QED) is 0.439. The highest BCUT2D eigenvalue weighted by Crippen LogP contribution is 2.48. The van der Waals surface area contributed by atoms with Gasteiger partial charge in [-0.05, 0) is 80.1 Å². The van der Waals surface area contributed by atoms with Crippen molar-refractivity contribution in [3.8, 4) is 5.75 Å². The molecule has 1 aliphatic carbocycles. The van der Waals surface area contributed by atoms with Gasteiger partial charge in [0, 0.05) is 43.4 Å². The molecule has 0 radical (unpaired) electrons. The molecule has 3 aliphatic heterocycles. The molecule has 3 fully saturated rings. The Labute approximate surface area is 243 Å². The van der Waals surface area contributed by atoms with E-state index in [4.69, 9.17) is 27.9 Å². The maximum absolute atomic E-state index is 13.7. The molecule has 0 aromatic heterocycles. The van der Waals surface area contributed by atoms with Crippen LogP contribution >= 0.6 is 23.2 Å². The number of piperidine rings is 1. The molecule has 0 bridgehead atoms. The first kappa shape index (κ1) is 27.3. The van der Waals surface area contributed by atoms with Crippen LogP contribution in [-0.2, 0) is 9.59 Å². The van der Waals surface area contributed by atoms with E-state index in [-0.39, 0.29) is 46.9 Å². The standard InChI is InChI=1S/C30H32Cl2FN3O4/c1-17-21-13-24(31)25(32)14-22(21)23-15-35(16-26(23)36(17)29(39)40-20-5-3-19(33)4-6-20)27(37)18-7-11-34(12-8-18)28(38)30(2)9-10-30/h3-6,13-14,17-18,23,26H,7-12,15-16H2,1-2H3. The fourth-order valence-corrected chi connectivity index (χ4v) is 6.92. The van der Waals surface area contributed by atoms with Crippen molar-refractivity contribution in [2.45, 2.75) is 57.5 Å². The van der Waals surface area contributed by atoms with Crippen LogP contribution in [0.2, 0.25) is 10.0 Å². The van der Waals surface area contributed by atoms with E-state index < -0.39 is 11.9 Å². The van der Waals surface area contributed by atoms with Crippen molar-refractivity contribution in [2.24, 2.45) is 11.3 Å². The summed E-state index contributed by atoms with van der Waals surface area (Å²) in [5.41, 5.74) is 1.63. The van der Waals surface area contributed by atoms with Crippen LogP contribution in [0, 0.1) is 17.2 Å². The van der Waals surface area contributed by atoms with Crippen molar-refractivity contribution >= 4 is 41.1 Å². The Morgan fingerprint density at radius 2 is 1.57 bits per heavy atom. The van der Waals surface area contributed by atoms with Crippen LogP contribution in [0.5, 0.6) is 5.75 Å². The predicted molar refractivity (Wildman–Crippen MR) is 149 cm³/mol. The van der Waals surface area contributed by atoms with E-state index in [0.29, 0.717) is 49.1 Å². The Kier molecular flexibility index (Phi) is 6.98. The van der Waals surface area contributed by atoms with E-state index in [0.717, 1.165) is 24.0 Å². The summed E-state index contributed by atoms with van der Waals surface area (Å²) in [5.74, 6) is -0.248. The minimum Gasteiger partial charge on any atom is -0.410 e. The van der Waals surface area contributed by atoms with Gasteiger partial charge >= 0.3 is 6.09 Å². The number of hydrogen-bond acceptors (Lipinski definition) is 4. The number of amides is 3. The SMILES string of the molecule is CC1c2cc(Cl)c(Cl)cc2C2CN(C(=O)C3CCN(C(=O)C4(C)CC4)CC3)CC2N1C(=O)Oc1ccc(F)cc1. The summed E-state index contributed by atoms with van der Waals surface area (Å²) in [7, 11) is 0. The summed E-state index contributed by atoms with van der Waals surface area (Å²) in [6.45, 7) is 5.92. The summed E-state index contributed by atoms with van der Waals surface area (Å²) >= 11 is 12.8. The zero-order valence-corrected chi connectivity index (χ0v) is 24.1. The molecule has 6 rings (SSSR count). The molecule has 3 amide bonds. The first-order valence-corrected chi connectivity index (χ1v) is 14.6. The Balaban J connectivity index is 1.22. The highest BCUT2D eigenvalue weighted by atomic mass is 35.5. The van der Waals surface area contributed by atoms with Crippen molar-refractivity contribution in [1.82, 2.24) is 14.7 Å². The Morgan fingerprint density at radius 3 is 2.20 bits per heavy atom. The summed E-state index contributed by atoms with van der Waals surface area (Å²) in [5, 5.41) is 0.824. The number of carbonyl (C=O) groups excluding carboxylic acids is 3. The normalized spacial score (nSPS) is 25.3. The second-order valence-electron chi connectivity index (χ2n) is 11.8. The number of benzene rings is 2. The van der Waals surface area contributed by atoms with Crippen LogP contribution < -0.4 is 4.74 Å². The van der Waals surface area contributed by atoms with Gasteiger partial charge in [-0.15, -0.1) is 0 Å². The lowest BCUT2D eigenvalue weighted by Gasteiger charge is -2.42. The monoisotopic (exact) mass is 587 g/mol. The lowest BCUT2D eigenvalue weighted by Crippen LogP contribution is -2.50. The van der Waals surface area contributed by atoms with E-state index in [9.17, 15) is 18.8 Å². The van der Waals surface area contributed by atoms with E-state index in [1.54, 1.807) is 11.0 Å². The van der Waals surface area contributed by atoms with Gasteiger partial charge in [0.05, 0.1) is 22.1 Å². The van der Waals surface area contributed by atoms with Crippen molar-refractivity contribution in [1.29, 1.82) is 0 Å². The Morgan fingerprint density at radius 1 is 0.950 bits per heavy atom. The van der Waals surface area contributed by atoms with Crippen LogP contribution in [0.1, 0.15) is 62.6 Å². The Bertz CT molecular complexity index is 1360. The van der Waals surface area contributed by atoms with Crippen LogP contribution in [0.4, 0.5) is 9.18 Å². The number of ether oxygens (including phenoxy) is 1. The van der Waals surface area contributed by atoms with Gasteiger partial charge in [-0.1, -0.05) is 30.1 Å². The average molecular weight is 589 g/mol. The number of nitrogens with zero attached hydrogens (tertiary/aromatic N) is 3. The first-order valence-electron chi connectivity index (χ1n) is 13.9. The van der Waals surface area contributed by atoms with Gasteiger partial charge in [0.25, 0.3) is 0 Å². The number of fused-ring (bicyclic) bond motifs is 3. The van der Waals surface area contributed by atoms with Crippen molar-refractivity contribution in [3.05, 3.63) is 63.4 Å². The summed E-state index contributed by atoms with van der Waals surface area (Å²) in [6, 6.07) is 8.23. The highest BCUT2D eigenvalue weighted by molar-refractivity contribution is 6.42. The third-order valence-electron chi connectivity index (χ3n) is 9.23. The fraction of sp³-hybridized carbons (Fsp3) is 0.500. The predicted octanol–water partition coefficient (Wildman–Crippen LogP) is 6.04. The zero-order chi connectivity index (χ0) is 28.3. The van der Waals surface area contributed by atoms with Crippen LogP contribution in [0.15, 0.2) is 36.4 Å². The lowest BCUT2D eigenvalue weighted by atomic mass is 9.82. The number of halogens is 3. The molecule has 0 N–H and O–H groups in total. The maximum Gasteiger partial charge on any atom is 0.416 e. The molecule has 3 unspecified atom stereocenters.